The predicted molar refractivity (Wildman–Crippen MR) is 68.8 cm³/mol. The van der Waals surface area contributed by atoms with Gasteiger partial charge in [0.1, 0.15) is 5.82 Å². The summed E-state index contributed by atoms with van der Waals surface area (Å²) >= 11 is 7.75. The fourth-order valence-corrected chi connectivity index (χ4v) is 3.34. The lowest BCUT2D eigenvalue weighted by Gasteiger charge is -2.29. The van der Waals surface area contributed by atoms with Gasteiger partial charge in [0.05, 0.1) is 5.02 Å². The molecule has 1 aliphatic rings. The van der Waals surface area contributed by atoms with Gasteiger partial charge in [0.25, 0.3) is 0 Å². The number of benzene rings is 1. The van der Waals surface area contributed by atoms with Crippen LogP contribution < -0.4 is 5.32 Å². The summed E-state index contributed by atoms with van der Waals surface area (Å²) in [5.74, 6) is 0.803. The summed E-state index contributed by atoms with van der Waals surface area (Å²) in [6, 6.07) is 5.51. The minimum absolute atomic E-state index is 0.221. The van der Waals surface area contributed by atoms with Crippen LogP contribution in [-0.2, 0) is 6.42 Å². The maximum Gasteiger partial charge on any atom is 0.141 e. The summed E-state index contributed by atoms with van der Waals surface area (Å²) in [4.78, 5) is 0. The third kappa shape index (κ3) is 2.90. The van der Waals surface area contributed by atoms with Gasteiger partial charge in [-0.15, -0.1) is 0 Å². The summed E-state index contributed by atoms with van der Waals surface area (Å²) in [6.07, 6.45) is 0.943. The van der Waals surface area contributed by atoms with Gasteiger partial charge in [-0.2, -0.15) is 11.8 Å². The maximum atomic E-state index is 13.0. The van der Waals surface area contributed by atoms with Crippen molar-refractivity contribution in [1.29, 1.82) is 0 Å². The van der Waals surface area contributed by atoms with Crippen molar-refractivity contribution in [3.05, 3.63) is 34.6 Å². The Balaban J connectivity index is 2.05. The molecule has 1 fully saturated rings. The van der Waals surface area contributed by atoms with Gasteiger partial charge in [0, 0.05) is 23.6 Å². The Bertz CT molecular complexity index is 372. The Morgan fingerprint density at radius 1 is 1.56 bits per heavy atom. The Hall–Kier alpha value is -0.250. The second-order valence-electron chi connectivity index (χ2n) is 4.10. The van der Waals surface area contributed by atoms with Crippen LogP contribution in [0.25, 0.3) is 0 Å². The molecule has 1 aliphatic heterocycles. The number of hydrogen-bond donors (Lipinski definition) is 1. The zero-order valence-electron chi connectivity index (χ0n) is 9.17. The van der Waals surface area contributed by atoms with E-state index < -0.39 is 0 Å². The number of thioether (sulfide) groups is 1. The molecule has 4 heteroatoms. The predicted octanol–water partition coefficient (Wildman–Crippen LogP) is 3.12. The average molecular weight is 260 g/mol. The van der Waals surface area contributed by atoms with E-state index in [9.17, 15) is 4.39 Å². The SMILES string of the molecule is CC1NCCSC1Cc1ccc(F)c(Cl)c1. The van der Waals surface area contributed by atoms with Crippen molar-refractivity contribution < 1.29 is 4.39 Å². The maximum absolute atomic E-state index is 13.0. The number of halogens is 2. The van der Waals surface area contributed by atoms with Gasteiger partial charge in [-0.3, -0.25) is 0 Å². The fourth-order valence-electron chi connectivity index (χ4n) is 1.91. The van der Waals surface area contributed by atoms with Crippen molar-refractivity contribution >= 4 is 23.4 Å². The number of rotatable bonds is 2. The Labute approximate surface area is 105 Å². The quantitative estimate of drug-likeness (QED) is 0.876. The van der Waals surface area contributed by atoms with Crippen LogP contribution in [0.5, 0.6) is 0 Å². The molecule has 2 atom stereocenters. The van der Waals surface area contributed by atoms with E-state index in [1.165, 1.54) is 6.07 Å². The number of nitrogens with one attached hydrogen (secondary N) is 1. The second kappa shape index (κ2) is 5.39. The first-order chi connectivity index (χ1) is 7.66. The highest BCUT2D eigenvalue weighted by Crippen LogP contribution is 2.24. The molecule has 16 heavy (non-hydrogen) atoms. The van der Waals surface area contributed by atoms with Gasteiger partial charge in [-0.05, 0) is 31.0 Å². The molecule has 0 spiro atoms. The zero-order valence-corrected chi connectivity index (χ0v) is 10.7. The highest BCUT2D eigenvalue weighted by Gasteiger charge is 2.21. The van der Waals surface area contributed by atoms with E-state index in [4.69, 9.17) is 11.6 Å². The lowest BCUT2D eigenvalue weighted by atomic mass is 10.1. The van der Waals surface area contributed by atoms with Crippen molar-refractivity contribution in [3.8, 4) is 0 Å². The van der Waals surface area contributed by atoms with Crippen LogP contribution in [0.3, 0.4) is 0 Å². The van der Waals surface area contributed by atoms with Crippen LogP contribution in [0.2, 0.25) is 5.02 Å². The van der Waals surface area contributed by atoms with Gasteiger partial charge >= 0.3 is 0 Å². The van der Waals surface area contributed by atoms with E-state index in [0.29, 0.717) is 11.3 Å². The first kappa shape index (κ1) is 12.2. The molecule has 2 rings (SSSR count). The third-order valence-corrected chi connectivity index (χ3v) is 4.61. The topological polar surface area (TPSA) is 12.0 Å². The molecule has 1 saturated heterocycles. The minimum Gasteiger partial charge on any atom is -0.312 e. The molecule has 0 bridgehead atoms. The largest absolute Gasteiger partial charge is 0.312 e. The van der Waals surface area contributed by atoms with Crippen molar-refractivity contribution in [2.45, 2.75) is 24.6 Å². The Kier molecular flexibility index (Phi) is 4.11. The van der Waals surface area contributed by atoms with E-state index in [1.54, 1.807) is 6.07 Å². The van der Waals surface area contributed by atoms with Crippen LogP contribution in [0.1, 0.15) is 12.5 Å². The molecule has 0 radical (unpaired) electrons. The second-order valence-corrected chi connectivity index (χ2v) is 5.86. The smallest absolute Gasteiger partial charge is 0.141 e. The Morgan fingerprint density at radius 2 is 2.38 bits per heavy atom. The molecule has 1 heterocycles. The minimum atomic E-state index is -0.340. The summed E-state index contributed by atoms with van der Waals surface area (Å²) < 4.78 is 13.0. The summed E-state index contributed by atoms with van der Waals surface area (Å²) in [5, 5.41) is 4.22. The van der Waals surface area contributed by atoms with E-state index in [2.05, 4.69) is 12.2 Å². The van der Waals surface area contributed by atoms with Crippen molar-refractivity contribution in [2.75, 3.05) is 12.3 Å². The van der Waals surface area contributed by atoms with E-state index in [1.807, 2.05) is 17.8 Å². The van der Waals surface area contributed by atoms with Crippen LogP contribution in [0.4, 0.5) is 4.39 Å². The standard InChI is InChI=1S/C12H15ClFNS/c1-8-12(16-5-4-15-8)7-9-2-3-11(14)10(13)6-9/h2-3,6,8,12,15H,4-5,7H2,1H3. The first-order valence-electron chi connectivity index (χ1n) is 5.46. The summed E-state index contributed by atoms with van der Waals surface area (Å²) in [7, 11) is 0. The van der Waals surface area contributed by atoms with Crippen LogP contribution in [0.15, 0.2) is 18.2 Å². The van der Waals surface area contributed by atoms with Crippen LogP contribution in [-0.4, -0.2) is 23.6 Å². The molecule has 88 valence electrons. The molecule has 1 N–H and O–H groups in total. The van der Waals surface area contributed by atoms with Gasteiger partial charge < -0.3 is 5.32 Å². The third-order valence-electron chi connectivity index (χ3n) is 2.88. The molecule has 0 saturated carbocycles. The first-order valence-corrected chi connectivity index (χ1v) is 6.88. The summed E-state index contributed by atoms with van der Waals surface area (Å²) in [5.41, 5.74) is 1.11. The van der Waals surface area contributed by atoms with E-state index >= 15 is 0 Å². The highest BCUT2D eigenvalue weighted by atomic mass is 35.5. The summed E-state index contributed by atoms with van der Waals surface area (Å²) in [6.45, 7) is 3.27. The molecule has 1 aromatic carbocycles. The van der Waals surface area contributed by atoms with E-state index in [0.717, 1.165) is 24.3 Å². The van der Waals surface area contributed by atoms with Crippen LogP contribution >= 0.6 is 23.4 Å². The van der Waals surface area contributed by atoms with Gasteiger partial charge in [-0.1, -0.05) is 17.7 Å². The molecule has 0 aromatic heterocycles. The molecule has 2 unspecified atom stereocenters. The zero-order chi connectivity index (χ0) is 11.5. The lowest BCUT2D eigenvalue weighted by Crippen LogP contribution is -2.42. The molecule has 0 aliphatic carbocycles. The Morgan fingerprint density at radius 3 is 3.06 bits per heavy atom. The normalized spacial score (nSPS) is 25.7. The van der Waals surface area contributed by atoms with Crippen molar-refractivity contribution in [3.63, 3.8) is 0 Å². The fraction of sp³-hybridized carbons (Fsp3) is 0.500. The van der Waals surface area contributed by atoms with Gasteiger partial charge in [0.2, 0.25) is 0 Å². The van der Waals surface area contributed by atoms with Crippen molar-refractivity contribution in [2.24, 2.45) is 0 Å². The number of hydrogen-bond acceptors (Lipinski definition) is 2. The molecule has 1 nitrogen and oxygen atoms in total. The van der Waals surface area contributed by atoms with Crippen LogP contribution in [0, 0.1) is 5.82 Å². The van der Waals surface area contributed by atoms with Crippen molar-refractivity contribution in [1.82, 2.24) is 5.32 Å². The van der Waals surface area contributed by atoms with Gasteiger partial charge in [-0.25, -0.2) is 4.39 Å². The molecule has 0 amide bonds. The monoisotopic (exact) mass is 259 g/mol. The lowest BCUT2D eigenvalue weighted by molar-refractivity contribution is 0.528. The molecule has 1 aromatic rings. The van der Waals surface area contributed by atoms with E-state index in [-0.39, 0.29) is 10.8 Å². The van der Waals surface area contributed by atoms with Gasteiger partial charge in [0.15, 0.2) is 0 Å². The highest BCUT2D eigenvalue weighted by molar-refractivity contribution is 8.00. The molecular formula is C12H15ClFNS. The average Bonchev–Trinajstić information content (AvgIpc) is 2.27. The molecular weight excluding hydrogens is 245 g/mol.